The molecule has 1 unspecified atom stereocenters. The van der Waals surface area contributed by atoms with Gasteiger partial charge in [0.1, 0.15) is 5.69 Å². The second-order valence-corrected chi connectivity index (χ2v) is 4.08. The lowest BCUT2D eigenvalue weighted by Crippen LogP contribution is -2.36. The summed E-state index contributed by atoms with van der Waals surface area (Å²) < 4.78 is 0. The van der Waals surface area contributed by atoms with Gasteiger partial charge in [-0.2, -0.15) is 0 Å². The van der Waals surface area contributed by atoms with Crippen LogP contribution < -0.4 is 16.6 Å². The average Bonchev–Trinajstić information content (AvgIpc) is 2.28. The summed E-state index contributed by atoms with van der Waals surface area (Å²) in [5, 5.41) is 2.88. The maximum absolute atomic E-state index is 11.8. The third kappa shape index (κ3) is 3.20. The van der Waals surface area contributed by atoms with E-state index in [-0.39, 0.29) is 11.9 Å². The van der Waals surface area contributed by atoms with Crippen molar-refractivity contribution >= 4 is 11.6 Å². The molecule has 5 nitrogen and oxygen atoms in total. The predicted octanol–water partition coefficient (Wildman–Crippen LogP) is 1.14. The number of hydrogen-bond acceptors (Lipinski definition) is 4. The zero-order valence-corrected chi connectivity index (χ0v) is 9.82. The van der Waals surface area contributed by atoms with Crippen molar-refractivity contribution in [2.45, 2.75) is 26.8 Å². The maximum Gasteiger partial charge on any atom is 0.270 e. The summed E-state index contributed by atoms with van der Waals surface area (Å²) in [5.74, 6) is 5.47. The molecule has 0 aliphatic carbocycles. The SMILES string of the molecule is CC(C)C(C)NC(=O)c1cc(NN)ccn1. The second-order valence-electron chi connectivity index (χ2n) is 4.08. The first-order valence-electron chi connectivity index (χ1n) is 5.28. The van der Waals surface area contributed by atoms with Gasteiger partial charge in [-0.25, -0.2) is 0 Å². The van der Waals surface area contributed by atoms with Crippen LogP contribution in [0.15, 0.2) is 18.3 Å². The van der Waals surface area contributed by atoms with Crippen LogP contribution in [0, 0.1) is 5.92 Å². The van der Waals surface area contributed by atoms with Crippen molar-refractivity contribution in [2.75, 3.05) is 5.43 Å². The lowest BCUT2D eigenvalue weighted by atomic mass is 10.1. The molecule has 0 saturated carbocycles. The largest absolute Gasteiger partial charge is 0.348 e. The molecule has 1 rings (SSSR count). The van der Waals surface area contributed by atoms with Gasteiger partial charge in [-0.3, -0.25) is 15.6 Å². The molecular weight excluding hydrogens is 204 g/mol. The van der Waals surface area contributed by atoms with Gasteiger partial charge in [0.05, 0.1) is 5.69 Å². The summed E-state index contributed by atoms with van der Waals surface area (Å²) in [6, 6.07) is 3.43. The Bertz CT molecular complexity index is 365. The molecule has 16 heavy (non-hydrogen) atoms. The minimum atomic E-state index is -0.182. The van der Waals surface area contributed by atoms with Gasteiger partial charge in [0.2, 0.25) is 0 Å². The van der Waals surface area contributed by atoms with Crippen LogP contribution in [0.4, 0.5) is 5.69 Å². The number of amides is 1. The molecule has 1 atom stereocenters. The minimum absolute atomic E-state index is 0.115. The number of hydrazine groups is 1. The molecule has 0 bridgehead atoms. The first kappa shape index (κ1) is 12.4. The molecule has 0 aliphatic heterocycles. The third-order valence-electron chi connectivity index (χ3n) is 2.52. The zero-order valence-electron chi connectivity index (χ0n) is 9.82. The summed E-state index contributed by atoms with van der Waals surface area (Å²) in [6.45, 7) is 6.07. The number of nitrogens with zero attached hydrogens (tertiary/aromatic N) is 1. The Morgan fingerprint density at radius 3 is 2.69 bits per heavy atom. The fourth-order valence-electron chi connectivity index (χ4n) is 1.09. The number of aromatic nitrogens is 1. The standard InChI is InChI=1S/C11H18N4O/c1-7(2)8(3)14-11(16)10-6-9(15-12)4-5-13-10/h4-8H,12H2,1-3H3,(H,13,15)(H,14,16). The van der Waals surface area contributed by atoms with Crippen molar-refractivity contribution in [3.63, 3.8) is 0 Å². The molecule has 4 N–H and O–H groups in total. The lowest BCUT2D eigenvalue weighted by molar-refractivity contribution is 0.0925. The number of anilines is 1. The normalized spacial score (nSPS) is 12.3. The molecule has 0 saturated heterocycles. The highest BCUT2D eigenvalue weighted by molar-refractivity contribution is 5.93. The minimum Gasteiger partial charge on any atom is -0.348 e. The quantitative estimate of drug-likeness (QED) is 0.527. The number of carbonyl (C=O) groups excluding carboxylic acids is 1. The molecule has 1 aromatic rings. The van der Waals surface area contributed by atoms with Crippen molar-refractivity contribution < 1.29 is 4.79 Å². The van der Waals surface area contributed by atoms with Gasteiger partial charge in [0.15, 0.2) is 0 Å². The van der Waals surface area contributed by atoms with E-state index in [4.69, 9.17) is 5.84 Å². The van der Waals surface area contributed by atoms with Crippen molar-refractivity contribution in [2.24, 2.45) is 11.8 Å². The smallest absolute Gasteiger partial charge is 0.270 e. The third-order valence-corrected chi connectivity index (χ3v) is 2.52. The van der Waals surface area contributed by atoms with Crippen molar-refractivity contribution in [1.82, 2.24) is 10.3 Å². The number of pyridine rings is 1. The highest BCUT2D eigenvalue weighted by Gasteiger charge is 2.13. The number of carbonyl (C=O) groups is 1. The van der Waals surface area contributed by atoms with E-state index in [0.717, 1.165) is 0 Å². The van der Waals surface area contributed by atoms with Gasteiger partial charge in [-0.1, -0.05) is 13.8 Å². The molecule has 1 heterocycles. The van der Waals surface area contributed by atoms with Crippen LogP contribution in [0.25, 0.3) is 0 Å². The van der Waals surface area contributed by atoms with E-state index in [1.807, 2.05) is 6.92 Å². The zero-order chi connectivity index (χ0) is 12.1. The van der Waals surface area contributed by atoms with Crippen LogP contribution in [0.5, 0.6) is 0 Å². The van der Waals surface area contributed by atoms with Crippen molar-refractivity contribution in [3.05, 3.63) is 24.0 Å². The first-order valence-corrected chi connectivity index (χ1v) is 5.28. The molecule has 1 amide bonds. The average molecular weight is 222 g/mol. The summed E-state index contributed by atoms with van der Waals surface area (Å²) >= 11 is 0. The molecule has 88 valence electrons. The van der Waals surface area contributed by atoms with Gasteiger partial charge < -0.3 is 10.7 Å². The van der Waals surface area contributed by atoms with Crippen LogP contribution in [0.3, 0.4) is 0 Å². The molecule has 0 spiro atoms. The number of nitrogen functional groups attached to an aromatic ring is 1. The fraction of sp³-hybridized carbons (Fsp3) is 0.455. The van der Waals surface area contributed by atoms with E-state index in [9.17, 15) is 4.79 Å². The van der Waals surface area contributed by atoms with Crippen molar-refractivity contribution in [1.29, 1.82) is 0 Å². The predicted molar refractivity (Wildman–Crippen MR) is 63.8 cm³/mol. The Hall–Kier alpha value is -1.62. The number of nitrogens with one attached hydrogen (secondary N) is 2. The molecule has 1 aromatic heterocycles. The maximum atomic E-state index is 11.8. The van der Waals surface area contributed by atoms with E-state index in [0.29, 0.717) is 17.3 Å². The Morgan fingerprint density at radius 2 is 2.12 bits per heavy atom. The number of nitrogens with two attached hydrogens (primary N) is 1. The van der Waals surface area contributed by atoms with E-state index in [2.05, 4.69) is 29.6 Å². The molecule has 0 fully saturated rings. The van der Waals surface area contributed by atoms with Crippen LogP contribution in [-0.2, 0) is 0 Å². The highest BCUT2D eigenvalue weighted by atomic mass is 16.1. The summed E-state index contributed by atoms with van der Waals surface area (Å²) in [5.41, 5.74) is 3.51. The van der Waals surface area contributed by atoms with Crippen LogP contribution in [-0.4, -0.2) is 16.9 Å². The monoisotopic (exact) mass is 222 g/mol. The second kappa shape index (κ2) is 5.46. The van der Waals surface area contributed by atoms with Gasteiger partial charge in [0.25, 0.3) is 5.91 Å². The highest BCUT2D eigenvalue weighted by Crippen LogP contribution is 2.07. The molecule has 5 heteroatoms. The topological polar surface area (TPSA) is 80.0 Å². The summed E-state index contributed by atoms with van der Waals surface area (Å²) in [7, 11) is 0. The van der Waals surface area contributed by atoms with E-state index in [1.165, 1.54) is 0 Å². The molecule has 0 aliphatic rings. The fourth-order valence-corrected chi connectivity index (χ4v) is 1.09. The van der Waals surface area contributed by atoms with Crippen molar-refractivity contribution in [3.8, 4) is 0 Å². The Morgan fingerprint density at radius 1 is 1.44 bits per heavy atom. The summed E-state index contributed by atoms with van der Waals surface area (Å²) in [4.78, 5) is 15.8. The van der Waals surface area contributed by atoms with Crippen LogP contribution in [0.2, 0.25) is 0 Å². The van der Waals surface area contributed by atoms with E-state index >= 15 is 0 Å². The Balaban J connectivity index is 2.72. The van der Waals surface area contributed by atoms with Gasteiger partial charge in [-0.15, -0.1) is 0 Å². The molecule has 0 aromatic carbocycles. The van der Waals surface area contributed by atoms with E-state index in [1.54, 1.807) is 18.3 Å². The Labute approximate surface area is 95.4 Å². The van der Waals surface area contributed by atoms with Gasteiger partial charge in [0, 0.05) is 12.2 Å². The molecular formula is C11H18N4O. The van der Waals surface area contributed by atoms with Gasteiger partial charge in [-0.05, 0) is 25.0 Å². The number of hydrogen-bond donors (Lipinski definition) is 3. The van der Waals surface area contributed by atoms with Gasteiger partial charge >= 0.3 is 0 Å². The van der Waals surface area contributed by atoms with Crippen LogP contribution >= 0.6 is 0 Å². The van der Waals surface area contributed by atoms with Crippen LogP contribution in [0.1, 0.15) is 31.3 Å². The lowest BCUT2D eigenvalue weighted by Gasteiger charge is -2.17. The molecule has 0 radical (unpaired) electrons. The Kier molecular flexibility index (Phi) is 4.25. The van der Waals surface area contributed by atoms with E-state index < -0.39 is 0 Å². The number of rotatable bonds is 4. The first-order chi connectivity index (χ1) is 7.54. The summed E-state index contributed by atoms with van der Waals surface area (Å²) in [6.07, 6.45) is 1.55.